The van der Waals surface area contributed by atoms with Gasteiger partial charge in [-0.15, -0.1) is 0 Å². The summed E-state index contributed by atoms with van der Waals surface area (Å²) in [6.07, 6.45) is 4.96. The summed E-state index contributed by atoms with van der Waals surface area (Å²) < 4.78 is 31.7. The summed E-state index contributed by atoms with van der Waals surface area (Å²) in [6, 6.07) is 14.7. The molecule has 2 heterocycles. The average Bonchev–Trinajstić information content (AvgIpc) is 3.60. The molecule has 0 aliphatic heterocycles. The first-order valence-electron chi connectivity index (χ1n) is 10.9. The number of anilines is 1. The molecule has 10 heteroatoms. The Morgan fingerprint density at radius 1 is 1.09 bits per heavy atom. The van der Waals surface area contributed by atoms with Crippen LogP contribution in [0.15, 0.2) is 71.9 Å². The van der Waals surface area contributed by atoms with Gasteiger partial charge in [-0.05, 0) is 66.8 Å². The van der Waals surface area contributed by atoms with E-state index in [0.717, 1.165) is 12.8 Å². The minimum atomic E-state index is -4.15. The van der Waals surface area contributed by atoms with Crippen LogP contribution in [0.3, 0.4) is 0 Å². The molecule has 0 bridgehead atoms. The third-order valence-electron chi connectivity index (χ3n) is 5.96. The van der Waals surface area contributed by atoms with Crippen molar-refractivity contribution in [1.29, 1.82) is 0 Å². The lowest BCUT2D eigenvalue weighted by atomic mass is 10.0. The van der Waals surface area contributed by atoms with Gasteiger partial charge in [-0.3, -0.25) is 14.4 Å². The van der Waals surface area contributed by atoms with Crippen LogP contribution in [-0.2, 0) is 17.1 Å². The van der Waals surface area contributed by atoms with Gasteiger partial charge in [-0.2, -0.15) is 5.10 Å². The summed E-state index contributed by atoms with van der Waals surface area (Å²) in [7, 11) is -2.39. The van der Waals surface area contributed by atoms with Gasteiger partial charge >= 0.3 is 5.97 Å². The number of carboxylic acids is 1. The van der Waals surface area contributed by atoms with Crippen molar-refractivity contribution < 1.29 is 18.3 Å². The van der Waals surface area contributed by atoms with Crippen LogP contribution < -0.4 is 4.72 Å². The fourth-order valence-electron chi connectivity index (χ4n) is 4.06. The number of nitrogens with one attached hydrogen (secondary N) is 1. The Kier molecular flexibility index (Phi) is 5.82. The van der Waals surface area contributed by atoms with E-state index in [0.29, 0.717) is 33.1 Å². The molecule has 2 aromatic heterocycles. The van der Waals surface area contributed by atoms with Crippen LogP contribution in [0.5, 0.6) is 0 Å². The fraction of sp³-hybridized carbons (Fsp3) is 0.160. The Morgan fingerprint density at radius 3 is 2.51 bits per heavy atom. The van der Waals surface area contributed by atoms with Gasteiger partial charge in [0, 0.05) is 30.6 Å². The molecule has 8 nitrogen and oxygen atoms in total. The Balaban J connectivity index is 1.67. The molecule has 2 aromatic carbocycles. The quantitative estimate of drug-likeness (QED) is 0.355. The van der Waals surface area contributed by atoms with E-state index in [9.17, 15) is 18.3 Å². The van der Waals surface area contributed by atoms with Gasteiger partial charge in [-0.1, -0.05) is 23.7 Å². The van der Waals surface area contributed by atoms with Gasteiger partial charge in [0.1, 0.15) is 0 Å². The number of carboxylic acid groups (broad SMARTS) is 1. The number of hydrogen-bond acceptors (Lipinski definition) is 5. The van der Waals surface area contributed by atoms with Gasteiger partial charge < -0.3 is 5.11 Å². The number of halogens is 1. The standard InChI is InChI=1S/C25H21ClN4O4S/c1-30-23(9-11-28-30)18-14-22(19(13-20(18)26)21-4-2-3-10-27-21)29-35(33,34)24-12-16(25(31)32)7-8-17(24)15-5-6-15/h2-4,7-15,29H,5-6H2,1H3,(H,31,32). The van der Waals surface area contributed by atoms with Crippen molar-refractivity contribution in [3.63, 3.8) is 0 Å². The third kappa shape index (κ3) is 4.52. The monoisotopic (exact) mass is 508 g/mol. The second kappa shape index (κ2) is 8.83. The maximum absolute atomic E-state index is 13.7. The summed E-state index contributed by atoms with van der Waals surface area (Å²) in [5.41, 5.74) is 3.11. The number of sulfonamides is 1. The molecular formula is C25H21ClN4O4S. The fourth-order valence-corrected chi connectivity index (χ4v) is 5.71. The molecule has 1 fully saturated rings. The molecule has 1 saturated carbocycles. The van der Waals surface area contributed by atoms with Crippen LogP contribution in [0.2, 0.25) is 5.02 Å². The lowest BCUT2D eigenvalue weighted by Crippen LogP contribution is -2.17. The van der Waals surface area contributed by atoms with Crippen molar-refractivity contribution in [3.8, 4) is 22.5 Å². The number of aromatic carboxylic acids is 1. The maximum Gasteiger partial charge on any atom is 0.335 e. The summed E-state index contributed by atoms with van der Waals surface area (Å²) >= 11 is 6.62. The van der Waals surface area contributed by atoms with E-state index in [1.165, 1.54) is 12.1 Å². The van der Waals surface area contributed by atoms with Crippen molar-refractivity contribution in [1.82, 2.24) is 14.8 Å². The first-order valence-corrected chi connectivity index (χ1v) is 12.7. The van der Waals surface area contributed by atoms with E-state index >= 15 is 0 Å². The van der Waals surface area contributed by atoms with Crippen LogP contribution in [0.1, 0.15) is 34.7 Å². The highest BCUT2D eigenvalue weighted by molar-refractivity contribution is 7.92. The minimum absolute atomic E-state index is 0.0381. The normalized spacial score (nSPS) is 13.5. The lowest BCUT2D eigenvalue weighted by Gasteiger charge is -2.17. The number of pyridine rings is 1. The highest BCUT2D eigenvalue weighted by Crippen LogP contribution is 2.44. The molecular weight excluding hydrogens is 488 g/mol. The summed E-state index contributed by atoms with van der Waals surface area (Å²) in [6.45, 7) is 0. The van der Waals surface area contributed by atoms with Gasteiger partial charge in [-0.25, -0.2) is 13.2 Å². The van der Waals surface area contributed by atoms with Gasteiger partial charge in [0.05, 0.1) is 32.6 Å². The SMILES string of the molecule is Cn1nccc1-c1cc(NS(=O)(=O)c2cc(C(=O)O)ccc2C2CC2)c(-c2ccccn2)cc1Cl. The zero-order valence-electron chi connectivity index (χ0n) is 18.6. The molecule has 0 radical (unpaired) electrons. The predicted octanol–water partition coefficient (Wildman–Crippen LogP) is 5.18. The molecule has 4 aromatic rings. The van der Waals surface area contributed by atoms with E-state index < -0.39 is 16.0 Å². The number of aromatic nitrogens is 3. The summed E-state index contributed by atoms with van der Waals surface area (Å²) in [5, 5.41) is 14.0. The van der Waals surface area contributed by atoms with Crippen LogP contribution in [-0.4, -0.2) is 34.3 Å². The summed E-state index contributed by atoms with van der Waals surface area (Å²) in [4.78, 5) is 15.9. The highest BCUT2D eigenvalue weighted by atomic mass is 35.5. The van der Waals surface area contributed by atoms with Crippen molar-refractivity contribution in [2.45, 2.75) is 23.7 Å². The van der Waals surface area contributed by atoms with Gasteiger partial charge in [0.25, 0.3) is 10.0 Å². The Hall–Kier alpha value is -3.69. The highest BCUT2D eigenvalue weighted by Gasteiger charge is 2.32. The zero-order valence-corrected chi connectivity index (χ0v) is 20.2. The molecule has 5 rings (SSSR count). The van der Waals surface area contributed by atoms with E-state index in [4.69, 9.17) is 11.6 Å². The van der Waals surface area contributed by atoms with Crippen LogP contribution in [0.25, 0.3) is 22.5 Å². The van der Waals surface area contributed by atoms with Gasteiger partial charge in [0.2, 0.25) is 0 Å². The number of benzene rings is 2. The minimum Gasteiger partial charge on any atom is -0.478 e. The largest absolute Gasteiger partial charge is 0.478 e. The van der Waals surface area contributed by atoms with E-state index in [-0.39, 0.29) is 22.1 Å². The van der Waals surface area contributed by atoms with Crippen molar-refractivity contribution >= 4 is 33.3 Å². The molecule has 1 aliphatic carbocycles. The van der Waals surface area contributed by atoms with Crippen molar-refractivity contribution in [2.24, 2.45) is 7.05 Å². The first kappa shape index (κ1) is 23.1. The van der Waals surface area contributed by atoms with Crippen molar-refractivity contribution in [2.75, 3.05) is 4.72 Å². The second-order valence-electron chi connectivity index (χ2n) is 8.37. The molecule has 1 aliphatic rings. The predicted molar refractivity (Wildman–Crippen MR) is 133 cm³/mol. The molecule has 0 unspecified atom stereocenters. The number of aryl methyl sites for hydroxylation is 1. The smallest absolute Gasteiger partial charge is 0.335 e. The number of rotatable bonds is 7. The molecule has 0 amide bonds. The molecule has 2 N–H and O–H groups in total. The second-order valence-corrected chi connectivity index (χ2v) is 10.4. The molecule has 0 atom stereocenters. The molecule has 178 valence electrons. The number of hydrogen-bond donors (Lipinski definition) is 2. The van der Waals surface area contributed by atoms with E-state index in [2.05, 4.69) is 14.8 Å². The lowest BCUT2D eigenvalue weighted by molar-refractivity contribution is 0.0696. The summed E-state index contributed by atoms with van der Waals surface area (Å²) in [5.74, 6) is -1.10. The maximum atomic E-state index is 13.7. The van der Waals surface area contributed by atoms with Crippen LogP contribution in [0.4, 0.5) is 5.69 Å². The Morgan fingerprint density at radius 2 is 1.89 bits per heavy atom. The van der Waals surface area contributed by atoms with Crippen molar-refractivity contribution in [3.05, 3.63) is 83.1 Å². The first-order chi connectivity index (χ1) is 16.7. The average molecular weight is 509 g/mol. The van der Waals surface area contributed by atoms with Gasteiger partial charge in [0.15, 0.2) is 0 Å². The number of carbonyl (C=O) groups is 1. The van der Waals surface area contributed by atoms with E-state index in [1.54, 1.807) is 66.6 Å². The number of nitrogens with zero attached hydrogens (tertiary/aromatic N) is 3. The van der Waals surface area contributed by atoms with Crippen LogP contribution >= 0.6 is 11.6 Å². The Bertz CT molecular complexity index is 1550. The Labute approximate surface area is 207 Å². The molecule has 0 spiro atoms. The zero-order chi connectivity index (χ0) is 24.7. The van der Waals surface area contributed by atoms with E-state index in [1.807, 2.05) is 0 Å². The molecule has 0 saturated heterocycles. The molecule has 35 heavy (non-hydrogen) atoms. The van der Waals surface area contributed by atoms with Crippen LogP contribution in [0, 0.1) is 0 Å². The third-order valence-corrected chi connectivity index (χ3v) is 7.69. The topological polar surface area (TPSA) is 114 Å².